The van der Waals surface area contributed by atoms with Crippen molar-refractivity contribution < 1.29 is 4.21 Å². The Morgan fingerprint density at radius 1 is 1.40 bits per heavy atom. The fourth-order valence-corrected chi connectivity index (χ4v) is 2.66. The molecule has 0 aliphatic carbocycles. The van der Waals surface area contributed by atoms with Crippen LogP contribution in [0.3, 0.4) is 0 Å². The first-order valence-corrected chi connectivity index (χ1v) is 6.53. The van der Waals surface area contributed by atoms with Crippen LogP contribution in [0.5, 0.6) is 0 Å². The first-order valence-electron chi connectivity index (χ1n) is 5.04. The van der Waals surface area contributed by atoms with Crippen LogP contribution in [0.4, 0.5) is 11.6 Å². The second-order valence-corrected chi connectivity index (χ2v) is 5.16. The molecular weight excluding hydrogens is 210 g/mol. The third kappa shape index (κ3) is 2.47. The Bertz CT molecular complexity index is 359. The Morgan fingerprint density at radius 3 is 2.80 bits per heavy atom. The molecule has 1 aromatic heterocycles. The molecule has 15 heavy (non-hydrogen) atoms. The molecule has 1 aliphatic heterocycles. The van der Waals surface area contributed by atoms with Crippen molar-refractivity contribution in [3.8, 4) is 0 Å². The maximum absolute atomic E-state index is 11.2. The van der Waals surface area contributed by atoms with E-state index in [4.69, 9.17) is 0 Å². The van der Waals surface area contributed by atoms with E-state index < -0.39 is 10.8 Å². The Hall–Kier alpha value is -1.10. The Balaban J connectivity index is 2.11. The Labute approximate surface area is 92.2 Å². The minimum Gasteiger partial charge on any atom is -0.373 e. The van der Waals surface area contributed by atoms with E-state index in [2.05, 4.69) is 15.2 Å². The smallest absolute Gasteiger partial charge is 0.131 e. The van der Waals surface area contributed by atoms with Crippen LogP contribution in [0, 0.1) is 0 Å². The van der Waals surface area contributed by atoms with Crippen molar-refractivity contribution >= 4 is 22.4 Å². The summed E-state index contributed by atoms with van der Waals surface area (Å²) in [5.74, 6) is 3.36. The third-order valence-corrected chi connectivity index (χ3v) is 3.77. The molecule has 4 nitrogen and oxygen atoms in total. The average molecular weight is 225 g/mol. The van der Waals surface area contributed by atoms with Gasteiger partial charge in [0.2, 0.25) is 0 Å². The lowest BCUT2D eigenvalue weighted by atomic mass is 10.4. The lowest BCUT2D eigenvalue weighted by Gasteiger charge is -2.27. The molecule has 5 heteroatoms. The van der Waals surface area contributed by atoms with Crippen molar-refractivity contribution in [1.82, 2.24) is 4.98 Å². The second kappa shape index (κ2) is 4.61. The zero-order chi connectivity index (χ0) is 10.7. The molecule has 0 unspecified atom stereocenters. The topological polar surface area (TPSA) is 45.2 Å². The van der Waals surface area contributed by atoms with Gasteiger partial charge in [0, 0.05) is 42.4 Å². The highest BCUT2D eigenvalue weighted by Crippen LogP contribution is 2.15. The summed E-state index contributed by atoms with van der Waals surface area (Å²) >= 11 is 0. The van der Waals surface area contributed by atoms with Gasteiger partial charge in [0.05, 0.1) is 0 Å². The van der Waals surface area contributed by atoms with Gasteiger partial charge in [-0.25, -0.2) is 4.98 Å². The minimum atomic E-state index is -0.627. The van der Waals surface area contributed by atoms with Gasteiger partial charge in [-0.2, -0.15) is 0 Å². The molecular formula is C10H15N3OS. The number of rotatable bonds is 2. The average Bonchev–Trinajstić information content (AvgIpc) is 2.30. The molecule has 1 N–H and O–H groups in total. The molecule has 1 aromatic rings. The third-order valence-electron chi connectivity index (χ3n) is 2.49. The van der Waals surface area contributed by atoms with Gasteiger partial charge in [0.1, 0.15) is 11.6 Å². The number of nitrogens with zero attached hydrogens (tertiary/aromatic N) is 2. The fourth-order valence-electron chi connectivity index (χ4n) is 1.61. The highest BCUT2D eigenvalue weighted by atomic mass is 32.2. The van der Waals surface area contributed by atoms with Crippen molar-refractivity contribution in [2.24, 2.45) is 0 Å². The standard InChI is InChI=1S/C10H15N3OS/c1-11-9-3-2-4-10(12-9)13-5-7-15(14)8-6-13/h2-4H,5-8H2,1H3,(H,11,12). The minimum absolute atomic E-state index is 0.627. The van der Waals surface area contributed by atoms with Gasteiger partial charge >= 0.3 is 0 Å². The van der Waals surface area contributed by atoms with Crippen LogP contribution in [-0.4, -0.2) is 40.8 Å². The molecule has 1 fully saturated rings. The predicted molar refractivity (Wildman–Crippen MR) is 63.9 cm³/mol. The maximum atomic E-state index is 11.2. The molecule has 0 spiro atoms. The largest absolute Gasteiger partial charge is 0.373 e. The highest BCUT2D eigenvalue weighted by molar-refractivity contribution is 7.85. The van der Waals surface area contributed by atoms with Crippen LogP contribution in [0.2, 0.25) is 0 Å². The van der Waals surface area contributed by atoms with Crippen LogP contribution in [0.25, 0.3) is 0 Å². The van der Waals surface area contributed by atoms with E-state index in [9.17, 15) is 4.21 Å². The molecule has 0 atom stereocenters. The van der Waals surface area contributed by atoms with Crippen molar-refractivity contribution in [2.75, 3.05) is 41.9 Å². The number of anilines is 2. The summed E-state index contributed by atoms with van der Waals surface area (Å²) in [5, 5.41) is 3.02. The molecule has 0 saturated carbocycles. The van der Waals surface area contributed by atoms with Gasteiger partial charge in [0.15, 0.2) is 0 Å². The molecule has 82 valence electrons. The summed E-state index contributed by atoms with van der Waals surface area (Å²) in [6.45, 7) is 1.68. The van der Waals surface area contributed by atoms with Crippen LogP contribution in [-0.2, 0) is 10.8 Å². The summed E-state index contributed by atoms with van der Waals surface area (Å²) in [7, 11) is 1.23. The van der Waals surface area contributed by atoms with E-state index in [0.29, 0.717) is 0 Å². The number of hydrogen-bond acceptors (Lipinski definition) is 4. The fraction of sp³-hybridized carbons (Fsp3) is 0.500. The van der Waals surface area contributed by atoms with E-state index in [1.54, 1.807) is 0 Å². The number of hydrogen-bond donors (Lipinski definition) is 1. The van der Waals surface area contributed by atoms with Crippen LogP contribution >= 0.6 is 0 Å². The van der Waals surface area contributed by atoms with E-state index in [1.165, 1.54) is 0 Å². The summed E-state index contributed by atoms with van der Waals surface area (Å²) in [5.41, 5.74) is 0. The second-order valence-electron chi connectivity index (χ2n) is 3.47. The summed E-state index contributed by atoms with van der Waals surface area (Å²) in [4.78, 5) is 6.64. The lowest BCUT2D eigenvalue weighted by molar-refractivity contribution is 0.672. The van der Waals surface area contributed by atoms with Crippen molar-refractivity contribution in [1.29, 1.82) is 0 Å². The lowest BCUT2D eigenvalue weighted by Crippen LogP contribution is -2.38. The molecule has 0 amide bonds. The van der Waals surface area contributed by atoms with Crippen molar-refractivity contribution in [3.05, 3.63) is 18.2 Å². The summed E-state index contributed by atoms with van der Waals surface area (Å²) in [6.07, 6.45) is 0. The van der Waals surface area contributed by atoms with Gasteiger partial charge in [-0.05, 0) is 12.1 Å². The van der Waals surface area contributed by atoms with Gasteiger partial charge in [-0.1, -0.05) is 6.07 Å². The predicted octanol–water partition coefficient (Wildman–Crippen LogP) is 0.692. The normalized spacial score (nSPS) is 17.8. The van der Waals surface area contributed by atoms with Gasteiger partial charge in [-0.15, -0.1) is 0 Å². The SMILES string of the molecule is CNc1cccc(N2CCS(=O)CC2)n1. The van der Waals surface area contributed by atoms with E-state index in [-0.39, 0.29) is 0 Å². The number of aromatic nitrogens is 1. The first kappa shape index (κ1) is 10.4. The summed E-state index contributed by atoms with van der Waals surface area (Å²) < 4.78 is 11.2. The van der Waals surface area contributed by atoms with Gasteiger partial charge in [-0.3, -0.25) is 4.21 Å². The molecule has 2 rings (SSSR count). The van der Waals surface area contributed by atoms with Crippen molar-refractivity contribution in [3.63, 3.8) is 0 Å². The number of nitrogens with one attached hydrogen (secondary N) is 1. The Morgan fingerprint density at radius 2 is 2.13 bits per heavy atom. The molecule has 0 aromatic carbocycles. The highest BCUT2D eigenvalue weighted by Gasteiger charge is 2.16. The van der Waals surface area contributed by atoms with Crippen LogP contribution in [0.15, 0.2) is 18.2 Å². The summed E-state index contributed by atoms with van der Waals surface area (Å²) in [6, 6.07) is 5.92. The van der Waals surface area contributed by atoms with E-state index >= 15 is 0 Å². The maximum Gasteiger partial charge on any atom is 0.131 e. The van der Waals surface area contributed by atoms with Crippen LogP contribution in [0.1, 0.15) is 0 Å². The molecule has 0 radical (unpaired) electrons. The quantitative estimate of drug-likeness (QED) is 0.804. The monoisotopic (exact) mass is 225 g/mol. The van der Waals surface area contributed by atoms with Crippen molar-refractivity contribution in [2.45, 2.75) is 0 Å². The molecule has 2 heterocycles. The molecule has 1 saturated heterocycles. The Kier molecular flexibility index (Phi) is 3.20. The number of pyridine rings is 1. The zero-order valence-electron chi connectivity index (χ0n) is 8.77. The van der Waals surface area contributed by atoms with Crippen LogP contribution < -0.4 is 10.2 Å². The van der Waals surface area contributed by atoms with Gasteiger partial charge in [0.25, 0.3) is 0 Å². The van der Waals surface area contributed by atoms with Gasteiger partial charge < -0.3 is 10.2 Å². The first-order chi connectivity index (χ1) is 7.29. The van der Waals surface area contributed by atoms with E-state index in [1.807, 2.05) is 25.2 Å². The molecule has 1 aliphatic rings. The molecule has 0 bridgehead atoms. The van der Waals surface area contributed by atoms with E-state index in [0.717, 1.165) is 36.2 Å². The zero-order valence-corrected chi connectivity index (χ0v) is 9.59.